The molecule has 0 aliphatic rings. The monoisotopic (exact) mass is 342 g/mol. The molecule has 0 fully saturated rings. The number of amides is 1. The van der Waals surface area contributed by atoms with E-state index in [1.54, 1.807) is 17.4 Å². The van der Waals surface area contributed by atoms with Crippen molar-refractivity contribution < 1.29 is 17.6 Å². The highest BCUT2D eigenvalue weighted by Crippen LogP contribution is 2.17. The van der Waals surface area contributed by atoms with Gasteiger partial charge in [0.15, 0.2) is 5.76 Å². The lowest BCUT2D eigenvalue weighted by Crippen LogP contribution is -2.27. The largest absolute Gasteiger partial charge is 0.455 e. The Bertz CT molecular complexity index is 720. The van der Waals surface area contributed by atoms with E-state index in [2.05, 4.69) is 15.4 Å². The van der Waals surface area contributed by atoms with Gasteiger partial charge in [-0.25, -0.2) is 13.1 Å². The predicted octanol–water partition coefficient (Wildman–Crippen LogP) is 1.92. The normalized spacial score (nSPS) is 13.0. The highest BCUT2D eigenvalue weighted by Gasteiger charge is 2.14. The first-order valence-corrected chi connectivity index (χ1v) is 9.52. The Labute approximate surface area is 133 Å². The summed E-state index contributed by atoms with van der Waals surface area (Å²) < 4.78 is 29.6. The van der Waals surface area contributed by atoms with E-state index >= 15 is 0 Å². The van der Waals surface area contributed by atoms with Crippen LogP contribution in [0.2, 0.25) is 0 Å². The van der Waals surface area contributed by atoms with Gasteiger partial charge in [0.25, 0.3) is 5.91 Å². The van der Waals surface area contributed by atoms with Crippen LogP contribution in [0.5, 0.6) is 0 Å². The van der Waals surface area contributed by atoms with E-state index in [4.69, 9.17) is 4.42 Å². The smallest absolute Gasteiger partial charge is 0.287 e. The minimum Gasteiger partial charge on any atom is -0.455 e. The van der Waals surface area contributed by atoms with Crippen molar-refractivity contribution in [1.29, 1.82) is 0 Å². The van der Waals surface area contributed by atoms with Crippen LogP contribution < -0.4 is 10.0 Å². The zero-order valence-corrected chi connectivity index (χ0v) is 14.0. The van der Waals surface area contributed by atoms with Gasteiger partial charge < -0.3 is 9.73 Å². The summed E-state index contributed by atoms with van der Waals surface area (Å²) in [5.41, 5.74) is 1.18. The topological polar surface area (TPSA) is 88.4 Å². The molecule has 0 spiro atoms. The Hall–Kier alpha value is -1.64. The van der Waals surface area contributed by atoms with Crippen LogP contribution in [0.25, 0.3) is 0 Å². The zero-order chi connectivity index (χ0) is 16.2. The summed E-state index contributed by atoms with van der Waals surface area (Å²) >= 11 is 1.62. The summed E-state index contributed by atoms with van der Waals surface area (Å²) in [5.74, 6) is 0.466. The summed E-state index contributed by atoms with van der Waals surface area (Å²) in [6.07, 6.45) is 1.06. The number of hydrogen-bond donors (Lipinski definition) is 2. The number of carbonyl (C=O) groups is 1. The highest BCUT2D eigenvalue weighted by molar-refractivity contribution is 7.88. The van der Waals surface area contributed by atoms with Crippen LogP contribution in [-0.4, -0.2) is 27.1 Å². The number of sulfonamides is 1. The fraction of sp³-hybridized carbons (Fsp3) is 0.357. The molecule has 1 amide bonds. The molecule has 6 nitrogen and oxygen atoms in total. The summed E-state index contributed by atoms with van der Waals surface area (Å²) in [5, 5.41) is 6.86. The molecule has 8 heteroatoms. The third-order valence-electron chi connectivity index (χ3n) is 3.08. The van der Waals surface area contributed by atoms with Crippen molar-refractivity contribution >= 4 is 27.3 Å². The van der Waals surface area contributed by atoms with E-state index in [1.807, 2.05) is 18.4 Å². The standard InChI is InChI=1S/C14H18N2O4S2/c1-10(11-5-6-21-9-11)7-15-14(17)13-4-3-12(20-13)8-16-22(2,18)19/h3-6,9-10,16H,7-8H2,1-2H3,(H,15,17). The summed E-state index contributed by atoms with van der Waals surface area (Å²) in [4.78, 5) is 12.0. The second kappa shape index (κ2) is 7.08. The third-order valence-corrected chi connectivity index (χ3v) is 4.45. The van der Waals surface area contributed by atoms with Crippen LogP contribution in [0, 0.1) is 0 Å². The van der Waals surface area contributed by atoms with Gasteiger partial charge in [0.2, 0.25) is 10.0 Å². The van der Waals surface area contributed by atoms with Gasteiger partial charge in [-0.15, -0.1) is 0 Å². The minimum absolute atomic E-state index is 0.0252. The molecule has 2 rings (SSSR count). The predicted molar refractivity (Wildman–Crippen MR) is 85.5 cm³/mol. The molecule has 2 heterocycles. The molecule has 0 bridgehead atoms. The number of nitrogens with one attached hydrogen (secondary N) is 2. The number of thiophene rings is 1. The molecule has 2 aromatic rings. The van der Waals surface area contributed by atoms with Gasteiger partial charge in [-0.05, 0) is 40.4 Å². The fourth-order valence-corrected chi connectivity index (χ4v) is 2.99. The Morgan fingerprint density at radius 2 is 2.14 bits per heavy atom. The minimum atomic E-state index is -3.29. The Morgan fingerprint density at radius 3 is 2.77 bits per heavy atom. The van der Waals surface area contributed by atoms with Gasteiger partial charge in [-0.1, -0.05) is 6.92 Å². The molecule has 0 radical (unpaired) electrons. The Morgan fingerprint density at radius 1 is 1.36 bits per heavy atom. The van der Waals surface area contributed by atoms with Crippen molar-refractivity contribution in [2.75, 3.05) is 12.8 Å². The first kappa shape index (κ1) is 16.7. The molecule has 0 saturated carbocycles. The molecule has 2 N–H and O–H groups in total. The van der Waals surface area contributed by atoms with Crippen molar-refractivity contribution in [1.82, 2.24) is 10.0 Å². The third kappa shape index (κ3) is 4.97. The molecule has 0 aromatic carbocycles. The van der Waals surface area contributed by atoms with Crippen molar-refractivity contribution in [3.63, 3.8) is 0 Å². The van der Waals surface area contributed by atoms with E-state index in [-0.39, 0.29) is 24.1 Å². The van der Waals surface area contributed by atoms with Crippen LogP contribution in [-0.2, 0) is 16.6 Å². The highest BCUT2D eigenvalue weighted by atomic mass is 32.2. The van der Waals surface area contributed by atoms with Gasteiger partial charge in [0.05, 0.1) is 12.8 Å². The average molecular weight is 342 g/mol. The summed E-state index contributed by atoms with van der Waals surface area (Å²) in [6.45, 7) is 2.57. The van der Waals surface area contributed by atoms with Crippen molar-refractivity contribution in [2.45, 2.75) is 19.4 Å². The van der Waals surface area contributed by atoms with Crippen molar-refractivity contribution in [3.8, 4) is 0 Å². The lowest BCUT2D eigenvalue weighted by Gasteiger charge is -2.10. The Kier molecular flexibility index (Phi) is 5.38. The van der Waals surface area contributed by atoms with Gasteiger partial charge in [-0.3, -0.25) is 4.79 Å². The van der Waals surface area contributed by atoms with Crippen LogP contribution in [0.1, 0.15) is 34.7 Å². The number of hydrogen-bond acceptors (Lipinski definition) is 5. The maximum Gasteiger partial charge on any atom is 0.287 e. The molecule has 2 aromatic heterocycles. The van der Waals surface area contributed by atoms with Gasteiger partial charge in [-0.2, -0.15) is 11.3 Å². The van der Waals surface area contributed by atoms with Crippen LogP contribution in [0.4, 0.5) is 0 Å². The second-order valence-electron chi connectivity index (χ2n) is 5.03. The quantitative estimate of drug-likeness (QED) is 0.805. The first-order chi connectivity index (χ1) is 10.3. The van der Waals surface area contributed by atoms with Crippen LogP contribution >= 0.6 is 11.3 Å². The zero-order valence-electron chi connectivity index (χ0n) is 12.3. The molecule has 22 heavy (non-hydrogen) atoms. The second-order valence-corrected chi connectivity index (χ2v) is 7.64. The maximum atomic E-state index is 12.0. The molecule has 1 unspecified atom stereocenters. The fourth-order valence-electron chi connectivity index (χ4n) is 1.80. The number of furan rings is 1. The lowest BCUT2D eigenvalue weighted by atomic mass is 10.1. The van der Waals surface area contributed by atoms with Crippen LogP contribution in [0.15, 0.2) is 33.4 Å². The van der Waals surface area contributed by atoms with Crippen molar-refractivity contribution in [3.05, 3.63) is 46.0 Å². The van der Waals surface area contributed by atoms with E-state index in [0.29, 0.717) is 12.3 Å². The van der Waals surface area contributed by atoms with E-state index in [0.717, 1.165) is 6.26 Å². The van der Waals surface area contributed by atoms with Crippen LogP contribution in [0.3, 0.4) is 0 Å². The van der Waals surface area contributed by atoms with Gasteiger partial charge in [0, 0.05) is 6.54 Å². The summed E-state index contributed by atoms with van der Waals surface area (Å²) in [6, 6.07) is 5.14. The van der Waals surface area contributed by atoms with E-state index in [9.17, 15) is 13.2 Å². The number of rotatable bonds is 7. The van der Waals surface area contributed by atoms with Crippen molar-refractivity contribution in [2.24, 2.45) is 0 Å². The van der Waals surface area contributed by atoms with Gasteiger partial charge >= 0.3 is 0 Å². The summed E-state index contributed by atoms with van der Waals surface area (Å²) in [7, 11) is -3.29. The van der Waals surface area contributed by atoms with Gasteiger partial charge in [0.1, 0.15) is 5.76 Å². The molecule has 0 aliphatic heterocycles. The SMILES string of the molecule is CC(CNC(=O)c1ccc(CNS(C)(=O)=O)o1)c1ccsc1. The molecular formula is C14H18N2O4S2. The maximum absolute atomic E-state index is 12.0. The molecule has 0 aliphatic carbocycles. The average Bonchev–Trinajstić information content (AvgIpc) is 3.12. The molecule has 1 atom stereocenters. The van der Waals surface area contributed by atoms with E-state index in [1.165, 1.54) is 11.6 Å². The first-order valence-electron chi connectivity index (χ1n) is 6.69. The lowest BCUT2D eigenvalue weighted by molar-refractivity contribution is 0.0922. The number of carbonyl (C=O) groups excluding carboxylic acids is 1. The Balaban J connectivity index is 1.86. The van der Waals surface area contributed by atoms with E-state index < -0.39 is 10.0 Å². The molecule has 0 saturated heterocycles. The molecule has 120 valence electrons. The molecular weight excluding hydrogens is 324 g/mol.